The van der Waals surface area contributed by atoms with Gasteiger partial charge < -0.3 is 4.90 Å². The fourth-order valence-electron chi connectivity index (χ4n) is 3.17. The molecule has 0 atom stereocenters. The van der Waals surface area contributed by atoms with E-state index in [1.165, 1.54) is 25.9 Å². The van der Waals surface area contributed by atoms with Gasteiger partial charge in [-0.1, -0.05) is 0 Å². The van der Waals surface area contributed by atoms with Crippen molar-refractivity contribution in [3.8, 4) is 11.4 Å². The standard InChI is InChI=1S/C17H25N5/c1-12(2)22-6-4-14(5-7-22)9-15-10-16(19-11-18-15)17-8-13(3)20-21-17/h8,10-12,14H,4-7,9H2,1-3H3,(H,20,21). The molecular formula is C17H25N5. The number of nitrogens with one attached hydrogen (secondary N) is 1. The summed E-state index contributed by atoms with van der Waals surface area (Å²) in [6.07, 6.45) is 5.24. The number of rotatable bonds is 4. The molecule has 0 unspecified atom stereocenters. The van der Waals surface area contributed by atoms with Crippen molar-refractivity contribution in [2.24, 2.45) is 5.92 Å². The van der Waals surface area contributed by atoms with Crippen molar-refractivity contribution in [2.75, 3.05) is 13.1 Å². The molecule has 0 spiro atoms. The van der Waals surface area contributed by atoms with Crippen LogP contribution in [0.3, 0.4) is 0 Å². The number of aromatic amines is 1. The second-order valence-electron chi connectivity index (χ2n) is 6.61. The molecule has 118 valence electrons. The molecule has 3 heterocycles. The van der Waals surface area contributed by atoms with E-state index in [0.29, 0.717) is 6.04 Å². The van der Waals surface area contributed by atoms with E-state index in [-0.39, 0.29) is 0 Å². The first-order valence-electron chi connectivity index (χ1n) is 8.19. The highest BCUT2D eigenvalue weighted by Gasteiger charge is 2.21. The predicted molar refractivity (Wildman–Crippen MR) is 87.5 cm³/mol. The van der Waals surface area contributed by atoms with Crippen molar-refractivity contribution in [3.05, 3.63) is 29.8 Å². The summed E-state index contributed by atoms with van der Waals surface area (Å²) in [5.41, 5.74) is 4.00. The molecular weight excluding hydrogens is 274 g/mol. The molecule has 0 radical (unpaired) electrons. The van der Waals surface area contributed by atoms with Gasteiger partial charge in [0.2, 0.25) is 0 Å². The number of hydrogen-bond acceptors (Lipinski definition) is 4. The summed E-state index contributed by atoms with van der Waals surface area (Å²) in [7, 11) is 0. The fourth-order valence-corrected chi connectivity index (χ4v) is 3.17. The Morgan fingerprint density at radius 2 is 1.95 bits per heavy atom. The zero-order chi connectivity index (χ0) is 15.5. The van der Waals surface area contributed by atoms with Crippen LogP contribution in [0.1, 0.15) is 38.1 Å². The third-order valence-corrected chi connectivity index (χ3v) is 4.57. The maximum absolute atomic E-state index is 4.46. The molecule has 0 saturated carbocycles. The van der Waals surface area contributed by atoms with Crippen molar-refractivity contribution < 1.29 is 0 Å². The highest BCUT2D eigenvalue weighted by Crippen LogP contribution is 2.23. The SMILES string of the molecule is Cc1cc(-c2cc(CC3CCN(C(C)C)CC3)ncn2)n[nH]1. The molecule has 5 nitrogen and oxygen atoms in total. The Labute approximate surface area is 132 Å². The van der Waals surface area contributed by atoms with E-state index >= 15 is 0 Å². The molecule has 5 heteroatoms. The molecule has 0 aromatic carbocycles. The van der Waals surface area contributed by atoms with Gasteiger partial charge in [-0.25, -0.2) is 9.97 Å². The molecule has 1 fully saturated rings. The van der Waals surface area contributed by atoms with Gasteiger partial charge in [0.15, 0.2) is 0 Å². The van der Waals surface area contributed by atoms with Gasteiger partial charge in [0.25, 0.3) is 0 Å². The van der Waals surface area contributed by atoms with Gasteiger partial charge in [-0.2, -0.15) is 5.10 Å². The van der Waals surface area contributed by atoms with E-state index in [0.717, 1.165) is 35.1 Å². The lowest BCUT2D eigenvalue weighted by Crippen LogP contribution is -2.38. The van der Waals surface area contributed by atoms with Crippen LogP contribution in [0.15, 0.2) is 18.5 Å². The largest absolute Gasteiger partial charge is 0.301 e. The molecule has 2 aromatic heterocycles. The highest BCUT2D eigenvalue weighted by atomic mass is 15.1. The van der Waals surface area contributed by atoms with E-state index in [2.05, 4.69) is 45.0 Å². The average Bonchev–Trinajstić information content (AvgIpc) is 2.95. The van der Waals surface area contributed by atoms with Gasteiger partial charge in [0, 0.05) is 17.4 Å². The number of aromatic nitrogens is 4. The summed E-state index contributed by atoms with van der Waals surface area (Å²) < 4.78 is 0. The van der Waals surface area contributed by atoms with Gasteiger partial charge in [0.05, 0.1) is 5.69 Å². The van der Waals surface area contributed by atoms with Crippen LogP contribution in [0.5, 0.6) is 0 Å². The molecule has 1 N–H and O–H groups in total. The van der Waals surface area contributed by atoms with Gasteiger partial charge in [-0.15, -0.1) is 0 Å². The maximum Gasteiger partial charge on any atom is 0.116 e. The summed E-state index contributed by atoms with van der Waals surface area (Å²) in [6, 6.07) is 4.77. The van der Waals surface area contributed by atoms with E-state index in [1.807, 2.05) is 13.0 Å². The Balaban J connectivity index is 1.64. The smallest absolute Gasteiger partial charge is 0.116 e. The van der Waals surface area contributed by atoms with Crippen molar-refractivity contribution in [1.29, 1.82) is 0 Å². The molecule has 1 saturated heterocycles. The Morgan fingerprint density at radius 3 is 2.59 bits per heavy atom. The summed E-state index contributed by atoms with van der Waals surface area (Å²) in [5.74, 6) is 0.735. The molecule has 0 bridgehead atoms. The van der Waals surface area contributed by atoms with Crippen molar-refractivity contribution in [3.63, 3.8) is 0 Å². The minimum absolute atomic E-state index is 0.662. The van der Waals surface area contributed by atoms with Crippen LogP contribution in [-0.4, -0.2) is 44.2 Å². The van der Waals surface area contributed by atoms with Crippen molar-refractivity contribution in [1.82, 2.24) is 25.1 Å². The lowest BCUT2D eigenvalue weighted by atomic mass is 9.91. The van der Waals surface area contributed by atoms with Crippen molar-refractivity contribution in [2.45, 2.75) is 46.1 Å². The van der Waals surface area contributed by atoms with Gasteiger partial charge in [-0.3, -0.25) is 5.10 Å². The Bertz CT molecular complexity index is 611. The minimum Gasteiger partial charge on any atom is -0.301 e. The van der Waals surface area contributed by atoms with Crippen LogP contribution in [-0.2, 0) is 6.42 Å². The molecule has 0 amide bonds. The van der Waals surface area contributed by atoms with Crippen LogP contribution >= 0.6 is 0 Å². The topological polar surface area (TPSA) is 57.7 Å². The first-order chi connectivity index (χ1) is 10.6. The molecule has 22 heavy (non-hydrogen) atoms. The first-order valence-corrected chi connectivity index (χ1v) is 8.19. The molecule has 2 aromatic rings. The number of nitrogens with zero attached hydrogens (tertiary/aromatic N) is 4. The number of hydrogen-bond donors (Lipinski definition) is 1. The lowest BCUT2D eigenvalue weighted by molar-refractivity contribution is 0.149. The van der Waals surface area contributed by atoms with Crippen LogP contribution in [0.2, 0.25) is 0 Å². The summed E-state index contributed by atoms with van der Waals surface area (Å²) >= 11 is 0. The second kappa shape index (κ2) is 6.57. The first kappa shape index (κ1) is 15.2. The highest BCUT2D eigenvalue weighted by molar-refractivity contribution is 5.54. The van der Waals surface area contributed by atoms with E-state index in [4.69, 9.17) is 0 Å². The number of aryl methyl sites for hydroxylation is 1. The average molecular weight is 299 g/mol. The predicted octanol–water partition coefficient (Wildman–Crippen LogP) is 2.84. The second-order valence-corrected chi connectivity index (χ2v) is 6.61. The Hall–Kier alpha value is -1.75. The molecule has 1 aliphatic heterocycles. The van der Waals surface area contributed by atoms with Gasteiger partial charge in [0.1, 0.15) is 12.0 Å². The normalized spacial score (nSPS) is 17.3. The van der Waals surface area contributed by atoms with Gasteiger partial charge >= 0.3 is 0 Å². The van der Waals surface area contributed by atoms with E-state index in [1.54, 1.807) is 6.33 Å². The van der Waals surface area contributed by atoms with Crippen LogP contribution in [0, 0.1) is 12.8 Å². The zero-order valence-electron chi connectivity index (χ0n) is 13.7. The lowest BCUT2D eigenvalue weighted by Gasteiger charge is -2.34. The van der Waals surface area contributed by atoms with E-state index in [9.17, 15) is 0 Å². The fraction of sp³-hybridized carbons (Fsp3) is 0.588. The van der Waals surface area contributed by atoms with Crippen LogP contribution in [0.25, 0.3) is 11.4 Å². The zero-order valence-corrected chi connectivity index (χ0v) is 13.7. The summed E-state index contributed by atoms with van der Waals surface area (Å²) in [5, 5.41) is 7.25. The van der Waals surface area contributed by atoms with Crippen LogP contribution in [0.4, 0.5) is 0 Å². The molecule has 1 aliphatic rings. The van der Waals surface area contributed by atoms with Crippen LogP contribution < -0.4 is 0 Å². The van der Waals surface area contributed by atoms with Gasteiger partial charge in [-0.05, 0) is 71.2 Å². The summed E-state index contributed by atoms with van der Waals surface area (Å²) in [6.45, 7) is 8.98. The number of likely N-dealkylation sites (tertiary alicyclic amines) is 1. The summed E-state index contributed by atoms with van der Waals surface area (Å²) in [4.78, 5) is 11.4. The molecule has 3 rings (SSSR count). The van der Waals surface area contributed by atoms with Crippen molar-refractivity contribution >= 4 is 0 Å². The Kier molecular flexibility index (Phi) is 4.52. The minimum atomic E-state index is 0.662. The third-order valence-electron chi connectivity index (χ3n) is 4.57. The maximum atomic E-state index is 4.46. The monoisotopic (exact) mass is 299 g/mol. The quantitative estimate of drug-likeness (QED) is 0.943. The van der Waals surface area contributed by atoms with E-state index < -0.39 is 0 Å². The Morgan fingerprint density at radius 1 is 1.18 bits per heavy atom. The number of H-pyrrole nitrogens is 1. The number of piperidine rings is 1. The third kappa shape index (κ3) is 3.53. The molecule has 0 aliphatic carbocycles.